The van der Waals surface area contributed by atoms with Gasteiger partial charge in [0.1, 0.15) is 0 Å². The zero-order valence-corrected chi connectivity index (χ0v) is 12.8. The van der Waals surface area contributed by atoms with Crippen molar-refractivity contribution in [1.29, 1.82) is 0 Å². The molecule has 2 fully saturated rings. The first-order valence-electron chi connectivity index (χ1n) is 7.93. The molecule has 112 valence electrons. The largest absolute Gasteiger partial charge is 0.338 e. The van der Waals surface area contributed by atoms with Gasteiger partial charge in [0.15, 0.2) is 5.82 Å². The fraction of sp³-hybridized carbons (Fsp3) is 0.867. The molecule has 0 bridgehead atoms. The minimum Gasteiger partial charge on any atom is -0.338 e. The molecule has 2 aliphatic rings. The quantitative estimate of drug-likeness (QED) is 0.888. The lowest BCUT2D eigenvalue weighted by Crippen LogP contribution is -2.34. The van der Waals surface area contributed by atoms with Crippen LogP contribution in [0, 0.1) is 17.8 Å². The van der Waals surface area contributed by atoms with Gasteiger partial charge in [-0.05, 0) is 37.3 Å². The van der Waals surface area contributed by atoms with E-state index >= 15 is 0 Å². The van der Waals surface area contributed by atoms with Crippen molar-refractivity contribution in [3.05, 3.63) is 11.7 Å². The van der Waals surface area contributed by atoms with E-state index in [-0.39, 0.29) is 0 Å². The van der Waals surface area contributed by atoms with Crippen LogP contribution in [0.4, 0.5) is 0 Å². The summed E-state index contributed by atoms with van der Waals surface area (Å²) < 4.78 is 5.42. The molecule has 0 aliphatic carbocycles. The van der Waals surface area contributed by atoms with Crippen molar-refractivity contribution in [2.24, 2.45) is 17.8 Å². The average Bonchev–Trinajstić information content (AvgIpc) is 3.05. The molecule has 0 aromatic carbocycles. The van der Waals surface area contributed by atoms with Crippen LogP contribution in [0.2, 0.25) is 0 Å². The van der Waals surface area contributed by atoms with Gasteiger partial charge >= 0.3 is 0 Å². The Bertz CT molecular complexity index is 445. The maximum Gasteiger partial charge on any atom is 0.240 e. The van der Waals surface area contributed by atoms with E-state index in [1.54, 1.807) is 0 Å². The van der Waals surface area contributed by atoms with Crippen LogP contribution in [-0.2, 0) is 13.0 Å². The molecule has 20 heavy (non-hydrogen) atoms. The normalized spacial score (nSPS) is 30.3. The summed E-state index contributed by atoms with van der Waals surface area (Å²) in [5.41, 5.74) is 0. The Morgan fingerprint density at radius 3 is 3.00 bits per heavy atom. The zero-order valence-electron chi connectivity index (χ0n) is 12.8. The van der Waals surface area contributed by atoms with Gasteiger partial charge in [-0.1, -0.05) is 25.9 Å². The van der Waals surface area contributed by atoms with Crippen molar-refractivity contribution < 1.29 is 4.52 Å². The molecule has 5 nitrogen and oxygen atoms in total. The van der Waals surface area contributed by atoms with E-state index in [2.05, 4.69) is 41.1 Å². The summed E-state index contributed by atoms with van der Waals surface area (Å²) in [6, 6.07) is 0.662. The summed E-state index contributed by atoms with van der Waals surface area (Å²) in [4.78, 5) is 7.09. The Morgan fingerprint density at radius 2 is 2.25 bits per heavy atom. The Kier molecular flexibility index (Phi) is 4.08. The predicted octanol–water partition coefficient (Wildman–Crippen LogP) is 1.70. The highest BCUT2D eigenvalue weighted by Crippen LogP contribution is 2.34. The van der Waals surface area contributed by atoms with Crippen molar-refractivity contribution in [3.8, 4) is 0 Å². The molecule has 0 spiro atoms. The van der Waals surface area contributed by atoms with E-state index in [4.69, 9.17) is 4.52 Å². The minimum absolute atomic E-state index is 0.570. The van der Waals surface area contributed by atoms with Crippen molar-refractivity contribution in [1.82, 2.24) is 20.4 Å². The molecule has 0 amide bonds. The number of hydrogen-bond donors (Lipinski definition) is 1. The lowest BCUT2D eigenvalue weighted by Gasteiger charge is -2.25. The monoisotopic (exact) mass is 278 g/mol. The standard InChI is InChI=1S/C15H26N4O/c1-4-13-12-7-16-6-11(12)8-19(13)9-15-17-14(18-20-15)5-10(2)3/h10-13,16H,4-9H2,1-3H3. The van der Waals surface area contributed by atoms with Crippen LogP contribution < -0.4 is 5.32 Å². The second-order valence-electron chi connectivity index (χ2n) is 6.69. The number of fused-ring (bicyclic) bond motifs is 1. The molecule has 2 saturated heterocycles. The summed E-state index contributed by atoms with van der Waals surface area (Å²) in [7, 11) is 0. The van der Waals surface area contributed by atoms with Gasteiger partial charge in [0.25, 0.3) is 0 Å². The van der Waals surface area contributed by atoms with Gasteiger partial charge in [0, 0.05) is 19.0 Å². The molecule has 0 radical (unpaired) electrons. The van der Waals surface area contributed by atoms with Crippen LogP contribution in [0.5, 0.6) is 0 Å². The summed E-state index contributed by atoms with van der Waals surface area (Å²) in [6.45, 7) is 11.0. The van der Waals surface area contributed by atoms with Crippen molar-refractivity contribution >= 4 is 0 Å². The SMILES string of the molecule is CCC1C2CNCC2CN1Cc1nc(CC(C)C)no1. The third kappa shape index (κ3) is 2.74. The molecule has 0 saturated carbocycles. The molecule has 5 heteroatoms. The second kappa shape index (κ2) is 5.82. The number of likely N-dealkylation sites (tertiary alicyclic amines) is 1. The van der Waals surface area contributed by atoms with Crippen molar-refractivity contribution in [3.63, 3.8) is 0 Å². The second-order valence-corrected chi connectivity index (χ2v) is 6.69. The predicted molar refractivity (Wildman–Crippen MR) is 77.2 cm³/mol. The van der Waals surface area contributed by atoms with Gasteiger partial charge in [-0.25, -0.2) is 0 Å². The fourth-order valence-electron chi connectivity index (χ4n) is 3.83. The summed E-state index contributed by atoms with van der Waals surface area (Å²) in [5, 5.41) is 7.62. The number of hydrogen-bond acceptors (Lipinski definition) is 5. The summed E-state index contributed by atoms with van der Waals surface area (Å²) in [5.74, 6) is 3.81. The molecule has 2 aliphatic heterocycles. The van der Waals surface area contributed by atoms with Crippen LogP contribution in [-0.4, -0.2) is 40.7 Å². The molecule has 3 atom stereocenters. The minimum atomic E-state index is 0.570. The number of nitrogens with one attached hydrogen (secondary N) is 1. The molecule has 1 N–H and O–H groups in total. The fourth-order valence-corrected chi connectivity index (χ4v) is 3.83. The van der Waals surface area contributed by atoms with Gasteiger partial charge in [-0.3, -0.25) is 4.90 Å². The smallest absolute Gasteiger partial charge is 0.240 e. The number of rotatable bonds is 5. The first-order valence-corrected chi connectivity index (χ1v) is 7.93. The van der Waals surface area contributed by atoms with Crippen LogP contribution in [0.15, 0.2) is 4.52 Å². The molecule has 1 aromatic heterocycles. The highest BCUT2D eigenvalue weighted by molar-refractivity contribution is 4.99. The topological polar surface area (TPSA) is 54.2 Å². The lowest BCUT2D eigenvalue weighted by atomic mass is 9.93. The summed E-state index contributed by atoms with van der Waals surface area (Å²) >= 11 is 0. The van der Waals surface area contributed by atoms with E-state index in [0.29, 0.717) is 12.0 Å². The Labute approximate surface area is 121 Å². The van der Waals surface area contributed by atoms with Crippen molar-refractivity contribution in [2.45, 2.75) is 46.2 Å². The maximum absolute atomic E-state index is 5.42. The van der Waals surface area contributed by atoms with Gasteiger partial charge in [-0.2, -0.15) is 4.98 Å². The first-order chi connectivity index (χ1) is 9.67. The van der Waals surface area contributed by atoms with Gasteiger partial charge in [-0.15, -0.1) is 0 Å². The summed E-state index contributed by atoms with van der Waals surface area (Å²) in [6.07, 6.45) is 2.10. The van der Waals surface area contributed by atoms with Crippen LogP contribution in [0.25, 0.3) is 0 Å². The molecule has 3 heterocycles. The maximum atomic E-state index is 5.42. The highest BCUT2D eigenvalue weighted by atomic mass is 16.5. The Balaban J connectivity index is 1.64. The van der Waals surface area contributed by atoms with E-state index in [1.165, 1.54) is 19.5 Å². The molecular weight excluding hydrogens is 252 g/mol. The average molecular weight is 278 g/mol. The zero-order chi connectivity index (χ0) is 14.1. The van der Waals surface area contributed by atoms with E-state index in [0.717, 1.165) is 43.1 Å². The number of nitrogens with zero attached hydrogens (tertiary/aromatic N) is 3. The Morgan fingerprint density at radius 1 is 1.40 bits per heavy atom. The van der Waals surface area contributed by atoms with E-state index in [1.807, 2.05) is 0 Å². The molecule has 3 unspecified atom stereocenters. The van der Waals surface area contributed by atoms with E-state index < -0.39 is 0 Å². The van der Waals surface area contributed by atoms with Crippen LogP contribution >= 0.6 is 0 Å². The van der Waals surface area contributed by atoms with Gasteiger partial charge in [0.2, 0.25) is 5.89 Å². The van der Waals surface area contributed by atoms with Gasteiger partial charge < -0.3 is 9.84 Å². The molecule has 1 aromatic rings. The van der Waals surface area contributed by atoms with Gasteiger partial charge in [0.05, 0.1) is 6.54 Å². The van der Waals surface area contributed by atoms with Crippen LogP contribution in [0.1, 0.15) is 38.9 Å². The van der Waals surface area contributed by atoms with Crippen molar-refractivity contribution in [2.75, 3.05) is 19.6 Å². The first kappa shape index (κ1) is 14.0. The lowest BCUT2D eigenvalue weighted by molar-refractivity contribution is 0.184. The molecule has 3 rings (SSSR count). The van der Waals surface area contributed by atoms with Crippen LogP contribution in [0.3, 0.4) is 0 Å². The molecular formula is C15H26N4O. The third-order valence-corrected chi connectivity index (χ3v) is 4.68. The number of aromatic nitrogens is 2. The highest BCUT2D eigenvalue weighted by Gasteiger charge is 2.43. The Hall–Kier alpha value is -0.940. The van der Waals surface area contributed by atoms with E-state index in [9.17, 15) is 0 Å². The third-order valence-electron chi connectivity index (χ3n) is 4.68.